The van der Waals surface area contributed by atoms with Crippen molar-refractivity contribution in [3.05, 3.63) is 29.8 Å². The minimum absolute atomic E-state index is 0.145. The largest absolute Gasteiger partial charge is 0.382 e. The molecule has 0 saturated heterocycles. The molecule has 1 N–H and O–H groups in total. The predicted molar refractivity (Wildman–Crippen MR) is 67.6 cm³/mol. The van der Waals surface area contributed by atoms with Crippen molar-refractivity contribution in [3.63, 3.8) is 0 Å². The summed E-state index contributed by atoms with van der Waals surface area (Å²) >= 11 is 0. The molecule has 0 aliphatic carbocycles. The quantitative estimate of drug-likeness (QED) is 0.844. The van der Waals surface area contributed by atoms with E-state index < -0.39 is 0 Å². The number of anilines is 1. The molecule has 1 aromatic carbocycles. The Morgan fingerprint density at radius 2 is 1.88 bits per heavy atom. The van der Waals surface area contributed by atoms with Gasteiger partial charge >= 0.3 is 0 Å². The van der Waals surface area contributed by atoms with E-state index in [9.17, 15) is 4.79 Å². The van der Waals surface area contributed by atoms with Crippen molar-refractivity contribution < 1.29 is 4.79 Å². The van der Waals surface area contributed by atoms with E-state index in [0.717, 1.165) is 5.69 Å². The third kappa shape index (κ3) is 3.93. The summed E-state index contributed by atoms with van der Waals surface area (Å²) in [5.74, 6) is 0.145. The molecule has 0 aromatic heterocycles. The lowest BCUT2D eigenvalue weighted by Crippen LogP contribution is -2.28. The number of aryl methyl sites for hydroxylation is 1. The van der Waals surface area contributed by atoms with Crippen molar-refractivity contribution in [2.24, 2.45) is 0 Å². The van der Waals surface area contributed by atoms with E-state index in [0.29, 0.717) is 6.42 Å². The fourth-order valence-corrected chi connectivity index (χ4v) is 1.43. The lowest BCUT2D eigenvalue weighted by Gasteiger charge is -2.17. The second kappa shape index (κ2) is 5.54. The van der Waals surface area contributed by atoms with Gasteiger partial charge in [0.25, 0.3) is 0 Å². The van der Waals surface area contributed by atoms with Gasteiger partial charge in [-0.1, -0.05) is 17.7 Å². The monoisotopic (exact) mass is 220 g/mol. The Labute approximate surface area is 97.5 Å². The number of nitrogens with one attached hydrogen (secondary N) is 1. The number of hydrogen-bond acceptors (Lipinski definition) is 2. The maximum Gasteiger partial charge on any atom is 0.224 e. The highest BCUT2D eigenvalue weighted by molar-refractivity contribution is 5.76. The standard InChI is InChI=1S/C13H20N2O/c1-10-5-7-12(8-6-10)14-11(2)9-13(16)15(3)4/h5-8,11,14H,9H2,1-4H3. The molecule has 0 aliphatic heterocycles. The van der Waals surface area contributed by atoms with Crippen molar-refractivity contribution in [3.8, 4) is 0 Å². The lowest BCUT2D eigenvalue weighted by molar-refractivity contribution is -0.128. The van der Waals surface area contributed by atoms with Crippen LogP contribution in [0.25, 0.3) is 0 Å². The molecule has 16 heavy (non-hydrogen) atoms. The molecule has 1 atom stereocenters. The fraction of sp³-hybridized carbons (Fsp3) is 0.462. The molecule has 0 saturated carbocycles. The van der Waals surface area contributed by atoms with E-state index in [1.807, 2.05) is 19.1 Å². The summed E-state index contributed by atoms with van der Waals surface area (Å²) < 4.78 is 0. The van der Waals surface area contributed by atoms with Crippen LogP contribution in [0.15, 0.2) is 24.3 Å². The van der Waals surface area contributed by atoms with E-state index in [1.54, 1.807) is 19.0 Å². The topological polar surface area (TPSA) is 32.3 Å². The molecule has 3 heteroatoms. The van der Waals surface area contributed by atoms with E-state index in [-0.39, 0.29) is 11.9 Å². The van der Waals surface area contributed by atoms with E-state index in [2.05, 4.69) is 24.4 Å². The first-order valence-corrected chi connectivity index (χ1v) is 5.52. The number of carbonyl (C=O) groups excluding carboxylic acids is 1. The summed E-state index contributed by atoms with van der Waals surface area (Å²) in [7, 11) is 3.56. The molecule has 88 valence electrons. The van der Waals surface area contributed by atoms with Crippen LogP contribution < -0.4 is 5.32 Å². The molecule has 0 heterocycles. The summed E-state index contributed by atoms with van der Waals surface area (Å²) in [5, 5.41) is 3.31. The minimum Gasteiger partial charge on any atom is -0.382 e. The van der Waals surface area contributed by atoms with Gasteiger partial charge in [-0.25, -0.2) is 0 Å². The van der Waals surface area contributed by atoms with Crippen LogP contribution in [-0.2, 0) is 4.79 Å². The lowest BCUT2D eigenvalue weighted by atomic mass is 10.2. The number of hydrogen-bond donors (Lipinski definition) is 1. The van der Waals surface area contributed by atoms with Crippen molar-refractivity contribution >= 4 is 11.6 Å². The SMILES string of the molecule is Cc1ccc(NC(C)CC(=O)N(C)C)cc1. The molecule has 0 spiro atoms. The van der Waals surface area contributed by atoms with Gasteiger partial charge in [-0.05, 0) is 26.0 Å². The maximum absolute atomic E-state index is 11.5. The summed E-state index contributed by atoms with van der Waals surface area (Å²) in [5.41, 5.74) is 2.30. The summed E-state index contributed by atoms with van der Waals surface area (Å²) in [6.07, 6.45) is 0.515. The Bertz CT molecular complexity index is 343. The van der Waals surface area contributed by atoms with Crippen LogP contribution in [0.4, 0.5) is 5.69 Å². The zero-order valence-electron chi connectivity index (χ0n) is 10.4. The zero-order chi connectivity index (χ0) is 12.1. The van der Waals surface area contributed by atoms with Gasteiger partial charge < -0.3 is 10.2 Å². The van der Waals surface area contributed by atoms with Crippen LogP contribution in [0.1, 0.15) is 18.9 Å². The zero-order valence-corrected chi connectivity index (χ0v) is 10.4. The van der Waals surface area contributed by atoms with E-state index >= 15 is 0 Å². The summed E-state index contributed by atoms with van der Waals surface area (Å²) in [6, 6.07) is 8.33. The number of amides is 1. The fourth-order valence-electron chi connectivity index (χ4n) is 1.43. The van der Waals surface area contributed by atoms with Gasteiger partial charge in [-0.15, -0.1) is 0 Å². The third-order valence-electron chi connectivity index (χ3n) is 2.44. The van der Waals surface area contributed by atoms with Gasteiger partial charge in [0.2, 0.25) is 5.91 Å². The number of benzene rings is 1. The minimum atomic E-state index is 0.145. The van der Waals surface area contributed by atoms with Crippen molar-refractivity contribution in [2.75, 3.05) is 19.4 Å². The highest BCUT2D eigenvalue weighted by Crippen LogP contribution is 2.11. The van der Waals surface area contributed by atoms with Gasteiger partial charge in [0, 0.05) is 32.2 Å². The second-order valence-electron chi connectivity index (χ2n) is 4.40. The van der Waals surface area contributed by atoms with Gasteiger partial charge in [0.1, 0.15) is 0 Å². The first kappa shape index (κ1) is 12.6. The summed E-state index contributed by atoms with van der Waals surface area (Å²) in [4.78, 5) is 13.1. The highest BCUT2D eigenvalue weighted by Gasteiger charge is 2.10. The molecule has 1 aromatic rings. The Hall–Kier alpha value is -1.51. The number of carbonyl (C=O) groups is 1. The van der Waals surface area contributed by atoms with Crippen LogP contribution in [0.2, 0.25) is 0 Å². The Balaban J connectivity index is 2.48. The van der Waals surface area contributed by atoms with Gasteiger partial charge in [-0.2, -0.15) is 0 Å². The Morgan fingerprint density at radius 3 is 2.38 bits per heavy atom. The van der Waals surface area contributed by atoms with Crippen molar-refractivity contribution in [1.82, 2.24) is 4.90 Å². The molecule has 3 nitrogen and oxygen atoms in total. The van der Waals surface area contributed by atoms with Gasteiger partial charge in [0.15, 0.2) is 0 Å². The van der Waals surface area contributed by atoms with Crippen molar-refractivity contribution in [1.29, 1.82) is 0 Å². The van der Waals surface area contributed by atoms with E-state index in [1.165, 1.54) is 5.56 Å². The molecular weight excluding hydrogens is 200 g/mol. The molecule has 0 aliphatic rings. The van der Waals surface area contributed by atoms with Crippen LogP contribution in [0.3, 0.4) is 0 Å². The second-order valence-corrected chi connectivity index (χ2v) is 4.40. The highest BCUT2D eigenvalue weighted by atomic mass is 16.2. The maximum atomic E-state index is 11.5. The van der Waals surface area contributed by atoms with Crippen LogP contribution in [-0.4, -0.2) is 30.9 Å². The molecular formula is C13H20N2O. The van der Waals surface area contributed by atoms with Crippen LogP contribution in [0, 0.1) is 6.92 Å². The molecule has 1 amide bonds. The molecule has 0 bridgehead atoms. The normalized spacial score (nSPS) is 12.0. The first-order chi connectivity index (χ1) is 7.49. The predicted octanol–water partition coefficient (Wildman–Crippen LogP) is 2.27. The molecule has 0 fully saturated rings. The molecule has 0 radical (unpaired) electrons. The van der Waals surface area contributed by atoms with Crippen LogP contribution in [0.5, 0.6) is 0 Å². The van der Waals surface area contributed by atoms with Crippen molar-refractivity contribution in [2.45, 2.75) is 26.3 Å². The molecule has 1 rings (SSSR count). The van der Waals surface area contributed by atoms with E-state index in [4.69, 9.17) is 0 Å². The number of nitrogens with zero attached hydrogens (tertiary/aromatic N) is 1. The third-order valence-corrected chi connectivity index (χ3v) is 2.44. The average molecular weight is 220 g/mol. The van der Waals surface area contributed by atoms with Gasteiger partial charge in [-0.3, -0.25) is 4.79 Å². The molecule has 1 unspecified atom stereocenters. The Morgan fingerprint density at radius 1 is 1.31 bits per heavy atom. The smallest absolute Gasteiger partial charge is 0.224 e. The Kier molecular flexibility index (Phi) is 4.35. The first-order valence-electron chi connectivity index (χ1n) is 5.52. The van der Waals surface area contributed by atoms with Crippen LogP contribution >= 0.6 is 0 Å². The van der Waals surface area contributed by atoms with Gasteiger partial charge in [0.05, 0.1) is 0 Å². The summed E-state index contributed by atoms with van der Waals surface area (Å²) in [6.45, 7) is 4.07. The number of rotatable bonds is 4. The average Bonchev–Trinajstić information content (AvgIpc) is 2.21.